The summed E-state index contributed by atoms with van der Waals surface area (Å²) in [6.45, 7) is 0.756. The topological polar surface area (TPSA) is 49.4 Å². The molecule has 0 aliphatic carbocycles. The standard InChI is InChI=1S/C12H14N2O2S/c15-11-4-3-9-8(13-11)5-6-14(9)12(16)10-2-1-7-17-10/h1-2,7-9H,3-6H2,(H,13,15)/t8-,9+/m1/s1. The van der Waals surface area contributed by atoms with Crippen LogP contribution in [0.3, 0.4) is 0 Å². The smallest absolute Gasteiger partial charge is 0.264 e. The lowest BCUT2D eigenvalue weighted by Crippen LogP contribution is -2.50. The number of carbonyl (C=O) groups excluding carboxylic acids is 2. The van der Waals surface area contributed by atoms with Gasteiger partial charge in [-0.15, -0.1) is 11.3 Å². The van der Waals surface area contributed by atoms with E-state index in [9.17, 15) is 9.59 Å². The van der Waals surface area contributed by atoms with E-state index in [1.54, 1.807) is 0 Å². The van der Waals surface area contributed by atoms with Gasteiger partial charge in [0, 0.05) is 13.0 Å². The molecule has 4 nitrogen and oxygen atoms in total. The molecule has 17 heavy (non-hydrogen) atoms. The summed E-state index contributed by atoms with van der Waals surface area (Å²) >= 11 is 1.48. The normalized spacial score (nSPS) is 27.8. The SMILES string of the molecule is O=C1CC[C@H]2[C@@H](CCN2C(=O)c2cccs2)N1. The molecule has 1 N–H and O–H groups in total. The van der Waals surface area contributed by atoms with E-state index in [1.165, 1.54) is 11.3 Å². The molecule has 2 amide bonds. The molecule has 0 unspecified atom stereocenters. The first-order valence-electron chi connectivity index (χ1n) is 5.89. The fraction of sp³-hybridized carbons (Fsp3) is 0.500. The third kappa shape index (κ3) is 1.84. The summed E-state index contributed by atoms with van der Waals surface area (Å²) < 4.78 is 0. The number of hydrogen-bond acceptors (Lipinski definition) is 3. The van der Waals surface area contributed by atoms with E-state index < -0.39 is 0 Å². The van der Waals surface area contributed by atoms with E-state index in [0.717, 1.165) is 24.3 Å². The van der Waals surface area contributed by atoms with Crippen molar-refractivity contribution in [3.8, 4) is 0 Å². The zero-order chi connectivity index (χ0) is 11.8. The number of hydrogen-bond donors (Lipinski definition) is 1. The average molecular weight is 250 g/mol. The van der Waals surface area contributed by atoms with Crippen molar-refractivity contribution in [2.75, 3.05) is 6.54 Å². The van der Waals surface area contributed by atoms with Crippen LogP contribution in [0.5, 0.6) is 0 Å². The van der Waals surface area contributed by atoms with E-state index in [0.29, 0.717) is 6.42 Å². The average Bonchev–Trinajstić information content (AvgIpc) is 2.96. The molecular formula is C12H14N2O2S. The minimum absolute atomic E-state index is 0.114. The van der Waals surface area contributed by atoms with Crippen molar-refractivity contribution in [3.63, 3.8) is 0 Å². The Hall–Kier alpha value is -1.36. The van der Waals surface area contributed by atoms with E-state index >= 15 is 0 Å². The van der Waals surface area contributed by atoms with Crippen molar-refractivity contribution in [3.05, 3.63) is 22.4 Å². The molecule has 1 aromatic rings. The largest absolute Gasteiger partial charge is 0.351 e. The van der Waals surface area contributed by atoms with E-state index in [1.807, 2.05) is 22.4 Å². The molecule has 0 spiro atoms. The second-order valence-corrected chi connectivity index (χ2v) is 5.49. The minimum atomic E-state index is 0.114. The highest BCUT2D eigenvalue weighted by Gasteiger charge is 2.40. The molecule has 5 heteroatoms. The van der Waals surface area contributed by atoms with Crippen LogP contribution in [0, 0.1) is 0 Å². The molecule has 3 heterocycles. The molecule has 2 aliphatic heterocycles. The Morgan fingerprint density at radius 1 is 1.47 bits per heavy atom. The quantitative estimate of drug-likeness (QED) is 0.815. The Bertz CT molecular complexity index is 443. The predicted molar refractivity (Wildman–Crippen MR) is 64.9 cm³/mol. The van der Waals surface area contributed by atoms with Gasteiger partial charge in [-0.3, -0.25) is 9.59 Å². The van der Waals surface area contributed by atoms with Crippen molar-refractivity contribution in [1.29, 1.82) is 0 Å². The number of rotatable bonds is 1. The summed E-state index contributed by atoms with van der Waals surface area (Å²) in [4.78, 5) is 26.3. The fourth-order valence-corrected chi connectivity index (χ4v) is 3.41. The van der Waals surface area contributed by atoms with Gasteiger partial charge in [0.1, 0.15) is 0 Å². The van der Waals surface area contributed by atoms with Crippen molar-refractivity contribution >= 4 is 23.2 Å². The fourth-order valence-electron chi connectivity index (χ4n) is 2.73. The monoisotopic (exact) mass is 250 g/mol. The lowest BCUT2D eigenvalue weighted by molar-refractivity contribution is -0.123. The van der Waals surface area contributed by atoms with Gasteiger partial charge in [0.05, 0.1) is 17.0 Å². The maximum atomic E-state index is 12.3. The highest BCUT2D eigenvalue weighted by molar-refractivity contribution is 7.12. The Kier molecular flexibility index (Phi) is 2.63. The molecule has 2 aliphatic rings. The zero-order valence-corrected chi connectivity index (χ0v) is 10.2. The van der Waals surface area contributed by atoms with Crippen LogP contribution in [0.1, 0.15) is 28.9 Å². The van der Waals surface area contributed by atoms with Crippen molar-refractivity contribution in [1.82, 2.24) is 10.2 Å². The molecule has 1 aromatic heterocycles. The Morgan fingerprint density at radius 3 is 3.12 bits per heavy atom. The summed E-state index contributed by atoms with van der Waals surface area (Å²) in [6.07, 6.45) is 2.22. The highest BCUT2D eigenvalue weighted by atomic mass is 32.1. The highest BCUT2D eigenvalue weighted by Crippen LogP contribution is 2.27. The molecule has 2 saturated heterocycles. The van der Waals surface area contributed by atoms with Crippen LogP contribution in [-0.2, 0) is 4.79 Å². The molecule has 2 atom stereocenters. The lowest BCUT2D eigenvalue weighted by Gasteiger charge is -2.31. The zero-order valence-electron chi connectivity index (χ0n) is 9.39. The molecule has 0 saturated carbocycles. The second kappa shape index (κ2) is 4.14. The summed E-state index contributed by atoms with van der Waals surface area (Å²) in [6, 6.07) is 4.12. The van der Waals surface area contributed by atoms with Crippen LogP contribution in [-0.4, -0.2) is 35.3 Å². The van der Waals surface area contributed by atoms with Gasteiger partial charge < -0.3 is 10.2 Å². The van der Waals surface area contributed by atoms with Crippen LogP contribution >= 0.6 is 11.3 Å². The van der Waals surface area contributed by atoms with E-state index in [-0.39, 0.29) is 23.9 Å². The lowest BCUT2D eigenvalue weighted by atomic mass is 9.99. The summed E-state index contributed by atoms with van der Waals surface area (Å²) in [5.41, 5.74) is 0. The van der Waals surface area contributed by atoms with Gasteiger partial charge in [0.2, 0.25) is 5.91 Å². The molecule has 0 bridgehead atoms. The first-order valence-corrected chi connectivity index (χ1v) is 6.77. The molecule has 2 fully saturated rings. The van der Waals surface area contributed by atoms with Crippen LogP contribution in [0.25, 0.3) is 0 Å². The van der Waals surface area contributed by atoms with E-state index in [4.69, 9.17) is 0 Å². The molecule has 3 rings (SSSR count). The van der Waals surface area contributed by atoms with Crippen LogP contribution in [0.2, 0.25) is 0 Å². The number of amides is 2. The third-order valence-electron chi connectivity index (χ3n) is 3.55. The van der Waals surface area contributed by atoms with Crippen molar-refractivity contribution in [2.24, 2.45) is 0 Å². The van der Waals surface area contributed by atoms with Crippen LogP contribution in [0.4, 0.5) is 0 Å². The molecule has 0 aromatic carbocycles. The first-order chi connectivity index (χ1) is 8.25. The number of nitrogens with zero attached hydrogens (tertiary/aromatic N) is 1. The number of piperidine rings is 1. The van der Waals surface area contributed by atoms with Gasteiger partial charge in [0.25, 0.3) is 5.91 Å². The molecule has 0 radical (unpaired) electrons. The first kappa shape index (κ1) is 10.8. The van der Waals surface area contributed by atoms with Crippen LogP contribution < -0.4 is 5.32 Å². The van der Waals surface area contributed by atoms with Gasteiger partial charge in [-0.25, -0.2) is 0 Å². The minimum Gasteiger partial charge on any atom is -0.351 e. The maximum absolute atomic E-state index is 12.3. The second-order valence-electron chi connectivity index (χ2n) is 4.54. The van der Waals surface area contributed by atoms with E-state index in [2.05, 4.69) is 5.32 Å². The Labute approximate surface area is 104 Å². The Balaban J connectivity index is 1.77. The van der Waals surface area contributed by atoms with Gasteiger partial charge in [-0.2, -0.15) is 0 Å². The number of carbonyl (C=O) groups is 2. The van der Waals surface area contributed by atoms with Gasteiger partial charge in [-0.1, -0.05) is 6.07 Å². The van der Waals surface area contributed by atoms with Gasteiger partial charge >= 0.3 is 0 Å². The number of thiophene rings is 1. The summed E-state index contributed by atoms with van der Waals surface area (Å²) in [5.74, 6) is 0.236. The Morgan fingerprint density at radius 2 is 2.35 bits per heavy atom. The van der Waals surface area contributed by atoms with Gasteiger partial charge in [-0.05, 0) is 24.3 Å². The number of fused-ring (bicyclic) bond motifs is 1. The predicted octanol–water partition coefficient (Wildman–Crippen LogP) is 1.24. The summed E-state index contributed by atoms with van der Waals surface area (Å²) in [7, 11) is 0. The number of nitrogens with one attached hydrogen (secondary N) is 1. The molecular weight excluding hydrogens is 236 g/mol. The van der Waals surface area contributed by atoms with Gasteiger partial charge in [0.15, 0.2) is 0 Å². The molecule has 90 valence electrons. The third-order valence-corrected chi connectivity index (χ3v) is 4.41. The van der Waals surface area contributed by atoms with Crippen LogP contribution in [0.15, 0.2) is 17.5 Å². The summed E-state index contributed by atoms with van der Waals surface area (Å²) in [5, 5.41) is 4.90. The number of likely N-dealkylation sites (tertiary alicyclic amines) is 1. The van der Waals surface area contributed by atoms with Crippen molar-refractivity contribution < 1.29 is 9.59 Å². The maximum Gasteiger partial charge on any atom is 0.264 e. The van der Waals surface area contributed by atoms with Crippen molar-refractivity contribution in [2.45, 2.75) is 31.3 Å².